The third-order valence-corrected chi connectivity index (χ3v) is 6.05. The van der Waals surface area contributed by atoms with E-state index in [0.29, 0.717) is 6.42 Å². The number of hydrogen-bond acceptors (Lipinski definition) is 4. The lowest BCUT2D eigenvalue weighted by Gasteiger charge is -2.45. The predicted octanol–water partition coefficient (Wildman–Crippen LogP) is 2.75. The van der Waals surface area contributed by atoms with Crippen LogP contribution >= 0.6 is 0 Å². The van der Waals surface area contributed by atoms with Gasteiger partial charge in [-0.05, 0) is 31.0 Å². The lowest BCUT2D eigenvalue weighted by molar-refractivity contribution is -0.153. The van der Waals surface area contributed by atoms with Crippen LogP contribution in [0.15, 0.2) is 65.6 Å². The minimum atomic E-state index is -3.78. The van der Waals surface area contributed by atoms with Gasteiger partial charge in [0.25, 0.3) is 0 Å². The Morgan fingerprint density at radius 1 is 1.08 bits per heavy atom. The van der Waals surface area contributed by atoms with Crippen molar-refractivity contribution in [3.05, 3.63) is 66.2 Å². The summed E-state index contributed by atoms with van der Waals surface area (Å²) in [5, 5.41) is 0. The molecule has 3 rings (SSSR count). The van der Waals surface area contributed by atoms with Gasteiger partial charge < -0.3 is 4.74 Å². The van der Waals surface area contributed by atoms with E-state index in [0.717, 1.165) is 5.56 Å². The van der Waals surface area contributed by atoms with Gasteiger partial charge in [0.15, 0.2) is 0 Å². The third-order valence-electron chi connectivity index (χ3n) is 4.12. The van der Waals surface area contributed by atoms with E-state index in [4.69, 9.17) is 4.74 Å². The normalized spacial score (nSPS) is 21.0. The van der Waals surface area contributed by atoms with Crippen LogP contribution in [-0.2, 0) is 19.6 Å². The number of carbonyl (C=O) groups excluding carboxylic acids is 1. The molecule has 1 fully saturated rings. The number of carbonyl (C=O) groups is 1. The Kier molecular flexibility index (Phi) is 4.69. The number of ether oxygens (including phenoxy) is 1. The van der Waals surface area contributed by atoms with E-state index in [1.54, 1.807) is 25.1 Å². The van der Waals surface area contributed by atoms with Crippen LogP contribution in [0.25, 0.3) is 0 Å². The molecular formula is C18H19NO4S. The molecule has 1 aliphatic rings. The van der Waals surface area contributed by atoms with Crippen LogP contribution in [0.4, 0.5) is 0 Å². The monoisotopic (exact) mass is 345 g/mol. The van der Waals surface area contributed by atoms with E-state index in [9.17, 15) is 13.2 Å². The molecule has 2 atom stereocenters. The molecule has 0 aliphatic carbocycles. The van der Waals surface area contributed by atoms with E-state index in [1.165, 1.54) is 16.4 Å². The summed E-state index contributed by atoms with van der Waals surface area (Å²) in [4.78, 5) is 12.3. The van der Waals surface area contributed by atoms with Gasteiger partial charge in [0.2, 0.25) is 10.0 Å². The maximum absolute atomic E-state index is 13.0. The van der Waals surface area contributed by atoms with E-state index < -0.39 is 22.0 Å². The first-order chi connectivity index (χ1) is 11.6. The summed E-state index contributed by atoms with van der Waals surface area (Å²) in [5.74, 6) is -0.496. The van der Waals surface area contributed by atoms with Gasteiger partial charge in [-0.3, -0.25) is 4.79 Å². The molecule has 6 heteroatoms. The van der Waals surface area contributed by atoms with Gasteiger partial charge in [0.1, 0.15) is 6.04 Å². The van der Waals surface area contributed by atoms with E-state index >= 15 is 0 Å². The second-order valence-electron chi connectivity index (χ2n) is 5.58. The first-order valence-corrected chi connectivity index (χ1v) is 9.30. The van der Waals surface area contributed by atoms with Gasteiger partial charge in [-0.2, -0.15) is 4.31 Å². The molecule has 126 valence electrons. The molecule has 0 bridgehead atoms. The van der Waals surface area contributed by atoms with E-state index in [1.807, 2.05) is 30.3 Å². The van der Waals surface area contributed by atoms with Gasteiger partial charge >= 0.3 is 5.97 Å². The zero-order valence-corrected chi connectivity index (χ0v) is 14.1. The van der Waals surface area contributed by atoms with Crippen LogP contribution in [-0.4, -0.2) is 31.3 Å². The Morgan fingerprint density at radius 3 is 2.25 bits per heavy atom. The largest absolute Gasteiger partial charge is 0.465 e. The maximum atomic E-state index is 13.0. The fraction of sp³-hybridized carbons (Fsp3) is 0.278. The summed E-state index contributed by atoms with van der Waals surface area (Å²) in [6, 6.07) is 16.4. The van der Waals surface area contributed by atoms with Crippen molar-refractivity contribution in [2.24, 2.45) is 0 Å². The third kappa shape index (κ3) is 2.95. The molecule has 0 N–H and O–H groups in total. The second-order valence-corrected chi connectivity index (χ2v) is 7.42. The highest BCUT2D eigenvalue weighted by atomic mass is 32.2. The number of hydrogen-bond donors (Lipinski definition) is 0. The van der Waals surface area contributed by atoms with Crippen LogP contribution in [0.1, 0.15) is 24.9 Å². The molecule has 5 nitrogen and oxygen atoms in total. The Hall–Kier alpha value is -2.18. The summed E-state index contributed by atoms with van der Waals surface area (Å²) >= 11 is 0. The van der Waals surface area contributed by atoms with Gasteiger partial charge in [0.05, 0.1) is 17.5 Å². The minimum absolute atomic E-state index is 0.180. The molecule has 0 saturated carbocycles. The lowest BCUT2D eigenvalue weighted by atomic mass is 9.91. The van der Waals surface area contributed by atoms with Crippen molar-refractivity contribution in [2.45, 2.75) is 30.3 Å². The number of rotatable bonds is 5. The molecule has 2 aromatic rings. The highest BCUT2D eigenvalue weighted by Gasteiger charge is 2.51. The molecule has 24 heavy (non-hydrogen) atoms. The van der Waals surface area contributed by atoms with Crippen molar-refractivity contribution in [3.63, 3.8) is 0 Å². The highest BCUT2D eigenvalue weighted by Crippen LogP contribution is 2.43. The van der Waals surface area contributed by atoms with Gasteiger partial charge in [0, 0.05) is 0 Å². The Morgan fingerprint density at radius 2 is 1.67 bits per heavy atom. The van der Waals surface area contributed by atoms with E-state index in [2.05, 4.69) is 0 Å². The van der Waals surface area contributed by atoms with E-state index in [-0.39, 0.29) is 17.5 Å². The Balaban J connectivity index is 1.98. The van der Waals surface area contributed by atoms with Crippen molar-refractivity contribution in [1.29, 1.82) is 0 Å². The summed E-state index contributed by atoms with van der Waals surface area (Å²) < 4.78 is 32.4. The fourth-order valence-corrected chi connectivity index (χ4v) is 4.74. The first-order valence-electron chi connectivity index (χ1n) is 7.86. The minimum Gasteiger partial charge on any atom is -0.465 e. The first kappa shape index (κ1) is 16.7. The molecule has 0 unspecified atom stereocenters. The van der Waals surface area contributed by atoms with Crippen LogP contribution in [0.3, 0.4) is 0 Å². The maximum Gasteiger partial charge on any atom is 0.324 e. The quantitative estimate of drug-likeness (QED) is 0.782. The molecule has 0 spiro atoms. The fourth-order valence-electron chi connectivity index (χ4n) is 2.94. The molecule has 1 aliphatic heterocycles. The molecule has 1 heterocycles. The standard InChI is InChI=1S/C18H19NO4S/c1-2-23-18(20)17-13-16(14-9-5-3-6-10-14)19(17)24(21,22)15-11-7-4-8-12-15/h3-12,16-17H,2,13H2,1H3/t16-,17+/m1/s1. The van der Waals surface area contributed by atoms with Crippen molar-refractivity contribution >= 4 is 16.0 Å². The van der Waals surface area contributed by atoms with Crippen LogP contribution < -0.4 is 0 Å². The summed E-state index contributed by atoms with van der Waals surface area (Å²) in [5.41, 5.74) is 0.873. The van der Waals surface area contributed by atoms with Crippen LogP contribution in [0, 0.1) is 0 Å². The summed E-state index contributed by atoms with van der Waals surface area (Å²) in [6.07, 6.45) is 0.426. The summed E-state index contributed by atoms with van der Waals surface area (Å²) in [7, 11) is -3.78. The Bertz CT molecular complexity index is 805. The SMILES string of the molecule is CCOC(=O)[C@@H]1C[C@H](c2ccccc2)N1S(=O)(=O)c1ccccc1. The Labute approximate surface area is 141 Å². The average Bonchev–Trinajstić information content (AvgIpc) is 2.56. The van der Waals surface area contributed by atoms with Crippen LogP contribution in [0.5, 0.6) is 0 Å². The van der Waals surface area contributed by atoms with Crippen molar-refractivity contribution in [3.8, 4) is 0 Å². The van der Waals surface area contributed by atoms with Gasteiger partial charge in [-0.15, -0.1) is 0 Å². The van der Waals surface area contributed by atoms with Crippen LogP contribution in [0.2, 0.25) is 0 Å². The zero-order chi connectivity index (χ0) is 17.2. The number of esters is 1. The molecular weight excluding hydrogens is 326 g/mol. The molecule has 0 aromatic heterocycles. The smallest absolute Gasteiger partial charge is 0.324 e. The average molecular weight is 345 g/mol. The second kappa shape index (κ2) is 6.75. The van der Waals surface area contributed by atoms with Crippen molar-refractivity contribution in [1.82, 2.24) is 4.31 Å². The number of nitrogens with zero attached hydrogens (tertiary/aromatic N) is 1. The summed E-state index contributed by atoms with van der Waals surface area (Å²) in [6.45, 7) is 1.94. The number of sulfonamides is 1. The lowest BCUT2D eigenvalue weighted by Crippen LogP contribution is -2.57. The molecule has 0 amide bonds. The molecule has 2 aromatic carbocycles. The van der Waals surface area contributed by atoms with Gasteiger partial charge in [-0.25, -0.2) is 8.42 Å². The van der Waals surface area contributed by atoms with Crippen molar-refractivity contribution < 1.29 is 17.9 Å². The van der Waals surface area contributed by atoms with Crippen molar-refractivity contribution in [2.75, 3.05) is 6.61 Å². The predicted molar refractivity (Wildman–Crippen MR) is 89.7 cm³/mol. The zero-order valence-electron chi connectivity index (χ0n) is 13.3. The molecule has 1 saturated heterocycles. The molecule has 0 radical (unpaired) electrons. The highest BCUT2D eigenvalue weighted by molar-refractivity contribution is 7.89. The number of benzene rings is 2. The topological polar surface area (TPSA) is 63.7 Å². The van der Waals surface area contributed by atoms with Gasteiger partial charge in [-0.1, -0.05) is 48.5 Å².